The van der Waals surface area contributed by atoms with Gasteiger partial charge in [0.25, 0.3) is 10.0 Å². The number of nitriles is 1. The third-order valence-corrected chi connectivity index (χ3v) is 8.97. The van der Waals surface area contributed by atoms with Crippen LogP contribution in [-0.4, -0.2) is 46.0 Å². The SMILES string of the molecule is CCOC(=O)[C@@H]1CCC[C@H](Nc2ncc(C#N)c(-c3cn(S(=O)(=O)c4ccc(C)cc4)c4ncc(C(F)(F)F)cc34)n2)C1. The summed E-state index contributed by atoms with van der Waals surface area (Å²) in [6.07, 6.45) is 0.747. The third-order valence-electron chi connectivity index (χ3n) is 7.31. The number of nitrogens with zero attached hydrogens (tertiary/aromatic N) is 5. The highest BCUT2D eigenvalue weighted by atomic mass is 32.2. The second-order valence-electron chi connectivity index (χ2n) is 10.3. The number of fused-ring (bicyclic) bond motifs is 1. The molecule has 43 heavy (non-hydrogen) atoms. The number of esters is 1. The van der Waals surface area contributed by atoms with Crippen LogP contribution in [0.15, 0.2) is 53.8 Å². The summed E-state index contributed by atoms with van der Waals surface area (Å²) in [5.74, 6) is -0.516. The number of ether oxygens (including phenoxy) is 1. The highest BCUT2D eigenvalue weighted by Crippen LogP contribution is 2.37. The molecule has 1 N–H and O–H groups in total. The zero-order valence-corrected chi connectivity index (χ0v) is 24.0. The van der Waals surface area contributed by atoms with E-state index >= 15 is 0 Å². The molecule has 2 atom stereocenters. The van der Waals surface area contributed by atoms with E-state index in [2.05, 4.69) is 20.3 Å². The van der Waals surface area contributed by atoms with Gasteiger partial charge in [-0.15, -0.1) is 0 Å². The zero-order chi connectivity index (χ0) is 30.9. The average molecular weight is 613 g/mol. The van der Waals surface area contributed by atoms with Crippen molar-refractivity contribution in [1.82, 2.24) is 18.9 Å². The number of halogens is 3. The van der Waals surface area contributed by atoms with E-state index in [1.165, 1.54) is 18.3 Å². The number of rotatable bonds is 7. The van der Waals surface area contributed by atoms with Gasteiger partial charge < -0.3 is 10.1 Å². The summed E-state index contributed by atoms with van der Waals surface area (Å²) >= 11 is 0. The number of pyridine rings is 1. The van der Waals surface area contributed by atoms with Crippen molar-refractivity contribution in [3.05, 3.63) is 65.6 Å². The molecule has 0 amide bonds. The van der Waals surface area contributed by atoms with Gasteiger partial charge in [0, 0.05) is 29.4 Å². The van der Waals surface area contributed by atoms with E-state index in [1.54, 1.807) is 26.0 Å². The maximum Gasteiger partial charge on any atom is 0.417 e. The molecule has 14 heteroatoms. The van der Waals surface area contributed by atoms with Crippen LogP contribution in [0.1, 0.15) is 49.3 Å². The summed E-state index contributed by atoms with van der Waals surface area (Å²) < 4.78 is 74.4. The second-order valence-corrected chi connectivity index (χ2v) is 12.1. The Bertz CT molecular complexity index is 1830. The lowest BCUT2D eigenvalue weighted by molar-refractivity contribution is -0.149. The smallest absolute Gasteiger partial charge is 0.417 e. The van der Waals surface area contributed by atoms with Crippen molar-refractivity contribution in [2.45, 2.75) is 56.6 Å². The van der Waals surface area contributed by atoms with Gasteiger partial charge in [-0.25, -0.2) is 27.3 Å². The van der Waals surface area contributed by atoms with Crippen molar-refractivity contribution in [1.29, 1.82) is 5.26 Å². The van der Waals surface area contributed by atoms with Gasteiger partial charge in [0.05, 0.1) is 40.4 Å². The Labute approximate surface area is 245 Å². The van der Waals surface area contributed by atoms with Gasteiger partial charge in [0.2, 0.25) is 5.95 Å². The van der Waals surface area contributed by atoms with Crippen molar-refractivity contribution >= 4 is 33.0 Å². The maximum atomic E-state index is 13.7. The fourth-order valence-corrected chi connectivity index (χ4v) is 6.47. The van der Waals surface area contributed by atoms with Gasteiger partial charge >= 0.3 is 12.1 Å². The minimum Gasteiger partial charge on any atom is -0.466 e. The van der Waals surface area contributed by atoms with Crippen molar-refractivity contribution in [3.63, 3.8) is 0 Å². The average Bonchev–Trinajstić information content (AvgIpc) is 3.37. The van der Waals surface area contributed by atoms with E-state index in [1.807, 2.05) is 6.07 Å². The van der Waals surface area contributed by atoms with E-state index in [9.17, 15) is 31.6 Å². The van der Waals surface area contributed by atoms with E-state index in [-0.39, 0.29) is 63.2 Å². The number of anilines is 1. The largest absolute Gasteiger partial charge is 0.466 e. The minimum absolute atomic E-state index is 0.0423. The Kier molecular flexibility index (Phi) is 8.11. The fourth-order valence-electron chi connectivity index (χ4n) is 5.15. The molecule has 3 aromatic heterocycles. The monoisotopic (exact) mass is 612 g/mol. The van der Waals surface area contributed by atoms with E-state index in [4.69, 9.17) is 4.74 Å². The molecule has 5 rings (SSSR count). The van der Waals surface area contributed by atoms with Crippen LogP contribution in [0.4, 0.5) is 19.1 Å². The highest BCUT2D eigenvalue weighted by molar-refractivity contribution is 7.90. The van der Waals surface area contributed by atoms with E-state index in [0.717, 1.165) is 28.2 Å². The third kappa shape index (κ3) is 6.03. The first-order chi connectivity index (χ1) is 20.4. The summed E-state index contributed by atoms with van der Waals surface area (Å²) in [7, 11) is -4.30. The number of aromatic nitrogens is 4. The Morgan fingerprint density at radius 3 is 2.60 bits per heavy atom. The van der Waals surface area contributed by atoms with Gasteiger partial charge in [-0.2, -0.15) is 18.4 Å². The predicted molar refractivity (Wildman–Crippen MR) is 150 cm³/mol. The van der Waals surface area contributed by atoms with Gasteiger partial charge in [0.1, 0.15) is 6.07 Å². The standard InChI is InChI=1S/C29H27F3N6O4S/c1-3-42-27(39)18-5-4-6-21(11-18)36-28-35-14-19(13-33)25(37-28)24-16-38(43(40,41)22-9-7-17(2)8-10-22)26-23(24)12-20(15-34-26)29(30,31)32/h7-10,12,14-16,18,21H,3-6,11H2,1-2H3,(H,35,36,37)/t18-,21+/m1/s1. The Morgan fingerprint density at radius 2 is 1.93 bits per heavy atom. The number of aryl methyl sites for hydroxylation is 1. The van der Waals surface area contributed by atoms with Gasteiger partial charge in [-0.1, -0.05) is 24.1 Å². The van der Waals surface area contributed by atoms with Crippen molar-refractivity contribution in [3.8, 4) is 17.3 Å². The molecule has 0 unspecified atom stereocenters. The summed E-state index contributed by atoms with van der Waals surface area (Å²) in [5, 5.41) is 12.8. The molecule has 4 aromatic rings. The van der Waals surface area contributed by atoms with Crippen LogP contribution in [0.25, 0.3) is 22.3 Å². The first-order valence-electron chi connectivity index (χ1n) is 13.5. The van der Waals surface area contributed by atoms with Crippen LogP contribution in [-0.2, 0) is 25.7 Å². The molecule has 0 aliphatic heterocycles. The van der Waals surface area contributed by atoms with Gasteiger partial charge in [0.15, 0.2) is 5.65 Å². The van der Waals surface area contributed by atoms with Crippen LogP contribution in [0.3, 0.4) is 0 Å². The number of benzene rings is 1. The van der Waals surface area contributed by atoms with E-state index < -0.39 is 21.8 Å². The number of nitrogens with one attached hydrogen (secondary N) is 1. The topological polar surface area (TPSA) is 140 Å². The molecule has 224 valence electrons. The fraction of sp³-hybridized carbons (Fsp3) is 0.345. The first kappa shape index (κ1) is 30.0. The number of alkyl halides is 3. The highest BCUT2D eigenvalue weighted by Gasteiger charge is 2.34. The van der Waals surface area contributed by atoms with Gasteiger partial charge in [-0.05, 0) is 51.3 Å². The molecule has 0 radical (unpaired) electrons. The molecule has 0 bridgehead atoms. The first-order valence-corrected chi connectivity index (χ1v) is 15.0. The predicted octanol–water partition coefficient (Wildman–Crippen LogP) is 5.46. The minimum atomic E-state index is -4.76. The molecule has 3 heterocycles. The van der Waals surface area contributed by atoms with Crippen molar-refractivity contribution in [2.24, 2.45) is 5.92 Å². The number of carbonyl (C=O) groups is 1. The van der Waals surface area contributed by atoms with Crippen LogP contribution in [0.5, 0.6) is 0 Å². The molecule has 0 spiro atoms. The molecular formula is C29H27F3N6O4S. The Hall–Kier alpha value is -4.51. The summed E-state index contributed by atoms with van der Waals surface area (Å²) in [5.41, 5.74) is -0.727. The van der Waals surface area contributed by atoms with Crippen LogP contribution in [0, 0.1) is 24.2 Å². The molecule has 0 saturated heterocycles. The molecule has 1 fully saturated rings. The molecule has 1 aromatic carbocycles. The molecule has 10 nitrogen and oxygen atoms in total. The van der Waals surface area contributed by atoms with Crippen LogP contribution >= 0.6 is 0 Å². The van der Waals surface area contributed by atoms with Gasteiger partial charge in [-0.3, -0.25) is 4.79 Å². The summed E-state index contributed by atoms with van der Waals surface area (Å²) in [6, 6.07) is 8.51. The lowest BCUT2D eigenvalue weighted by atomic mass is 9.86. The summed E-state index contributed by atoms with van der Waals surface area (Å²) in [4.78, 5) is 24.7. The molecular weight excluding hydrogens is 585 g/mol. The van der Waals surface area contributed by atoms with Crippen LogP contribution < -0.4 is 5.32 Å². The Morgan fingerprint density at radius 1 is 1.19 bits per heavy atom. The quantitative estimate of drug-likeness (QED) is 0.269. The maximum absolute atomic E-state index is 13.7. The number of hydrogen-bond donors (Lipinski definition) is 1. The van der Waals surface area contributed by atoms with Crippen molar-refractivity contribution in [2.75, 3.05) is 11.9 Å². The van der Waals surface area contributed by atoms with E-state index in [0.29, 0.717) is 25.5 Å². The number of carbonyl (C=O) groups excluding carboxylic acids is 1. The molecule has 1 aliphatic carbocycles. The van der Waals surface area contributed by atoms with Crippen LogP contribution in [0.2, 0.25) is 0 Å². The zero-order valence-electron chi connectivity index (χ0n) is 23.2. The van der Waals surface area contributed by atoms with Crippen molar-refractivity contribution < 1.29 is 31.1 Å². The summed E-state index contributed by atoms with van der Waals surface area (Å²) in [6.45, 7) is 3.79. The lowest BCUT2D eigenvalue weighted by Crippen LogP contribution is -2.32. The molecule has 1 aliphatic rings. The second kappa shape index (κ2) is 11.6. The molecule has 1 saturated carbocycles. The lowest BCUT2D eigenvalue weighted by Gasteiger charge is -2.28. The number of hydrogen-bond acceptors (Lipinski definition) is 9. The Balaban J connectivity index is 1.62. The normalized spacial score (nSPS) is 17.4.